The molecule has 3 heteroatoms. The van der Waals surface area contributed by atoms with E-state index in [0.29, 0.717) is 5.92 Å². The van der Waals surface area contributed by atoms with Gasteiger partial charge in [-0.15, -0.1) is 0 Å². The monoisotopic (exact) mass is 399 g/mol. The third-order valence-corrected chi connectivity index (χ3v) is 6.17. The smallest absolute Gasteiger partial charge is 0.232 e. The number of nitrogens with one attached hydrogen (secondary N) is 1. The fraction of sp³-hybridized carbons (Fsp3) is 0.296. The lowest BCUT2D eigenvalue weighted by Gasteiger charge is -2.34. The SMILES string of the molecule is COc1ccc([C@H]2CCCC[C@H]2NC(=O)C(c2ccccc2)c2ccccc2)cc1. The molecule has 1 aliphatic carbocycles. The van der Waals surface area contributed by atoms with Gasteiger partial charge in [-0.2, -0.15) is 0 Å². The summed E-state index contributed by atoms with van der Waals surface area (Å²) in [4.78, 5) is 13.6. The average molecular weight is 400 g/mol. The van der Waals surface area contributed by atoms with Crippen LogP contribution in [0.25, 0.3) is 0 Å². The Kier molecular flexibility index (Phi) is 6.48. The Morgan fingerprint density at radius 1 is 0.833 bits per heavy atom. The van der Waals surface area contributed by atoms with Gasteiger partial charge in [0, 0.05) is 12.0 Å². The van der Waals surface area contributed by atoms with Crippen LogP contribution in [0.15, 0.2) is 84.9 Å². The first-order valence-corrected chi connectivity index (χ1v) is 10.8. The lowest BCUT2D eigenvalue weighted by atomic mass is 9.79. The molecular formula is C27H29NO2. The zero-order valence-electron chi connectivity index (χ0n) is 17.5. The molecule has 3 aromatic rings. The van der Waals surface area contributed by atoms with Gasteiger partial charge in [-0.25, -0.2) is 0 Å². The molecule has 0 aromatic heterocycles. The van der Waals surface area contributed by atoms with Crippen LogP contribution in [-0.4, -0.2) is 19.1 Å². The molecule has 0 aliphatic heterocycles. The Hall–Kier alpha value is -3.07. The largest absolute Gasteiger partial charge is 0.497 e. The van der Waals surface area contributed by atoms with Crippen molar-refractivity contribution in [3.8, 4) is 5.75 Å². The Bertz CT molecular complexity index is 898. The van der Waals surface area contributed by atoms with E-state index in [4.69, 9.17) is 4.74 Å². The Morgan fingerprint density at radius 2 is 1.40 bits per heavy atom. The second-order valence-electron chi connectivity index (χ2n) is 8.03. The molecule has 1 amide bonds. The van der Waals surface area contributed by atoms with Gasteiger partial charge in [-0.05, 0) is 41.7 Å². The van der Waals surface area contributed by atoms with Crippen LogP contribution in [0, 0.1) is 0 Å². The summed E-state index contributed by atoms with van der Waals surface area (Å²) in [6.07, 6.45) is 4.46. The minimum atomic E-state index is -0.300. The molecule has 1 N–H and O–H groups in total. The molecule has 3 aromatic carbocycles. The van der Waals surface area contributed by atoms with Gasteiger partial charge in [-0.1, -0.05) is 85.6 Å². The van der Waals surface area contributed by atoms with Crippen molar-refractivity contribution >= 4 is 5.91 Å². The van der Waals surface area contributed by atoms with Gasteiger partial charge in [0.1, 0.15) is 5.75 Å². The quantitative estimate of drug-likeness (QED) is 0.580. The molecular weight excluding hydrogens is 370 g/mol. The van der Waals surface area contributed by atoms with Crippen LogP contribution in [0.5, 0.6) is 5.75 Å². The minimum absolute atomic E-state index is 0.0813. The van der Waals surface area contributed by atoms with Gasteiger partial charge in [0.15, 0.2) is 0 Å². The van der Waals surface area contributed by atoms with E-state index >= 15 is 0 Å². The maximum atomic E-state index is 13.6. The highest BCUT2D eigenvalue weighted by atomic mass is 16.5. The number of ether oxygens (including phenoxy) is 1. The molecule has 3 nitrogen and oxygen atoms in total. The Balaban J connectivity index is 1.58. The van der Waals surface area contributed by atoms with Gasteiger partial charge < -0.3 is 10.1 Å². The zero-order valence-corrected chi connectivity index (χ0v) is 17.5. The van der Waals surface area contributed by atoms with Crippen LogP contribution in [0.1, 0.15) is 54.2 Å². The van der Waals surface area contributed by atoms with Crippen LogP contribution in [0.3, 0.4) is 0 Å². The van der Waals surface area contributed by atoms with Crippen LogP contribution in [0.4, 0.5) is 0 Å². The molecule has 0 saturated heterocycles. The first-order chi connectivity index (χ1) is 14.8. The van der Waals surface area contributed by atoms with Crippen molar-refractivity contribution in [2.45, 2.75) is 43.6 Å². The Labute approximate surface area is 179 Å². The maximum Gasteiger partial charge on any atom is 0.232 e. The molecule has 4 rings (SSSR count). The summed E-state index contributed by atoms with van der Waals surface area (Å²) in [5.74, 6) is 0.979. The van der Waals surface area contributed by atoms with Gasteiger partial charge in [-0.3, -0.25) is 4.79 Å². The number of benzene rings is 3. The highest BCUT2D eigenvalue weighted by molar-refractivity contribution is 5.87. The second-order valence-corrected chi connectivity index (χ2v) is 8.03. The lowest BCUT2D eigenvalue weighted by molar-refractivity contribution is -0.122. The van der Waals surface area contributed by atoms with E-state index in [9.17, 15) is 4.79 Å². The van der Waals surface area contributed by atoms with Crippen molar-refractivity contribution in [2.75, 3.05) is 7.11 Å². The normalized spacial score (nSPS) is 18.7. The van der Waals surface area contributed by atoms with Crippen molar-refractivity contribution in [1.29, 1.82) is 0 Å². The summed E-state index contributed by atoms with van der Waals surface area (Å²) in [6, 6.07) is 28.6. The fourth-order valence-electron chi connectivity index (χ4n) is 4.61. The molecule has 1 aliphatic rings. The molecule has 1 saturated carbocycles. The first kappa shape index (κ1) is 20.2. The van der Waals surface area contributed by atoms with E-state index in [2.05, 4.69) is 17.4 Å². The number of carbonyl (C=O) groups is 1. The molecule has 30 heavy (non-hydrogen) atoms. The van der Waals surface area contributed by atoms with Gasteiger partial charge in [0.05, 0.1) is 13.0 Å². The number of rotatable bonds is 6. The van der Waals surface area contributed by atoms with Crippen molar-refractivity contribution in [1.82, 2.24) is 5.32 Å². The van der Waals surface area contributed by atoms with E-state index in [0.717, 1.165) is 36.1 Å². The number of hydrogen-bond acceptors (Lipinski definition) is 2. The summed E-state index contributed by atoms with van der Waals surface area (Å²) < 4.78 is 5.31. The molecule has 154 valence electrons. The van der Waals surface area contributed by atoms with E-state index < -0.39 is 0 Å². The molecule has 0 radical (unpaired) electrons. The number of methoxy groups -OCH3 is 1. The molecule has 0 bridgehead atoms. The highest BCUT2D eigenvalue weighted by Crippen LogP contribution is 2.35. The van der Waals surface area contributed by atoms with Crippen molar-refractivity contribution in [3.05, 3.63) is 102 Å². The summed E-state index contributed by atoms with van der Waals surface area (Å²) in [5, 5.41) is 3.42. The average Bonchev–Trinajstić information content (AvgIpc) is 2.81. The molecule has 0 heterocycles. The van der Waals surface area contributed by atoms with Gasteiger partial charge >= 0.3 is 0 Å². The Morgan fingerprint density at radius 3 is 1.97 bits per heavy atom. The van der Waals surface area contributed by atoms with E-state index in [1.165, 1.54) is 12.0 Å². The number of carbonyl (C=O) groups excluding carboxylic acids is 1. The van der Waals surface area contributed by atoms with Crippen molar-refractivity contribution in [3.63, 3.8) is 0 Å². The summed E-state index contributed by atoms with van der Waals surface area (Å²) in [6.45, 7) is 0. The molecule has 1 fully saturated rings. The summed E-state index contributed by atoms with van der Waals surface area (Å²) in [7, 11) is 1.69. The minimum Gasteiger partial charge on any atom is -0.497 e. The van der Waals surface area contributed by atoms with Crippen molar-refractivity contribution in [2.24, 2.45) is 0 Å². The second kappa shape index (κ2) is 9.62. The molecule has 0 spiro atoms. The van der Waals surface area contributed by atoms with E-state index in [1.54, 1.807) is 7.11 Å². The number of hydrogen-bond donors (Lipinski definition) is 1. The summed E-state index contributed by atoms with van der Waals surface area (Å²) >= 11 is 0. The van der Waals surface area contributed by atoms with Gasteiger partial charge in [0.2, 0.25) is 5.91 Å². The third-order valence-electron chi connectivity index (χ3n) is 6.17. The van der Waals surface area contributed by atoms with E-state index in [-0.39, 0.29) is 17.9 Å². The predicted octanol–water partition coefficient (Wildman–Crippen LogP) is 5.67. The topological polar surface area (TPSA) is 38.3 Å². The fourth-order valence-corrected chi connectivity index (χ4v) is 4.61. The maximum absolute atomic E-state index is 13.6. The highest BCUT2D eigenvalue weighted by Gasteiger charge is 2.31. The summed E-state index contributed by atoms with van der Waals surface area (Å²) in [5.41, 5.74) is 3.33. The molecule has 0 unspecified atom stereocenters. The number of amides is 1. The first-order valence-electron chi connectivity index (χ1n) is 10.8. The van der Waals surface area contributed by atoms with Crippen LogP contribution in [-0.2, 0) is 4.79 Å². The van der Waals surface area contributed by atoms with Crippen LogP contribution >= 0.6 is 0 Å². The van der Waals surface area contributed by atoms with Crippen LogP contribution in [0.2, 0.25) is 0 Å². The molecule has 2 atom stereocenters. The standard InChI is InChI=1S/C27H29NO2/c1-30-23-18-16-20(17-19-23)24-14-8-9-15-25(24)28-27(29)26(21-10-4-2-5-11-21)22-12-6-3-7-13-22/h2-7,10-13,16-19,24-26H,8-9,14-15H2,1H3,(H,28,29)/t24-,25-/m1/s1. The van der Waals surface area contributed by atoms with E-state index in [1.807, 2.05) is 72.8 Å². The predicted molar refractivity (Wildman–Crippen MR) is 121 cm³/mol. The van der Waals surface area contributed by atoms with Crippen molar-refractivity contribution < 1.29 is 9.53 Å². The van der Waals surface area contributed by atoms with Gasteiger partial charge in [0.25, 0.3) is 0 Å². The third kappa shape index (κ3) is 4.56. The lowest BCUT2D eigenvalue weighted by Crippen LogP contribution is -2.43. The van der Waals surface area contributed by atoms with Crippen LogP contribution < -0.4 is 10.1 Å². The zero-order chi connectivity index (χ0) is 20.8.